The zero-order valence-electron chi connectivity index (χ0n) is 8.83. The van der Waals surface area contributed by atoms with Crippen molar-refractivity contribution in [1.29, 1.82) is 0 Å². The van der Waals surface area contributed by atoms with E-state index in [0.717, 1.165) is 12.3 Å². The van der Waals surface area contributed by atoms with Gasteiger partial charge in [0.05, 0.1) is 0 Å². The van der Waals surface area contributed by atoms with Gasteiger partial charge in [-0.3, -0.25) is 0 Å². The molecule has 2 nitrogen and oxygen atoms in total. The van der Waals surface area contributed by atoms with Gasteiger partial charge in [-0.15, -0.1) is 0 Å². The van der Waals surface area contributed by atoms with Crippen molar-refractivity contribution in [2.24, 2.45) is 18.7 Å². The first kappa shape index (κ1) is 10.3. The average Bonchev–Trinajstić information content (AvgIpc) is 2.47. The quantitative estimate of drug-likeness (QED) is 0.758. The van der Waals surface area contributed by atoms with Gasteiger partial charge >= 0.3 is 0 Å². The molecule has 2 N–H and O–H groups in total. The summed E-state index contributed by atoms with van der Waals surface area (Å²) in [5, 5.41) is 0. The highest BCUT2D eigenvalue weighted by Gasteiger charge is 2.08. The van der Waals surface area contributed by atoms with Crippen LogP contribution in [-0.2, 0) is 7.05 Å². The maximum atomic E-state index is 6.07. The molecule has 0 bridgehead atoms. The summed E-state index contributed by atoms with van der Waals surface area (Å²) in [5.41, 5.74) is 7.30. The van der Waals surface area contributed by atoms with Gasteiger partial charge in [-0.25, -0.2) is 0 Å². The molecule has 0 aliphatic heterocycles. The SMILES string of the molecule is CC(C)CC[C@@H](N)c1cccn1C. The summed E-state index contributed by atoms with van der Waals surface area (Å²) in [6.07, 6.45) is 4.33. The molecule has 13 heavy (non-hydrogen) atoms. The van der Waals surface area contributed by atoms with Crippen LogP contribution in [0.15, 0.2) is 18.3 Å². The van der Waals surface area contributed by atoms with Crippen LogP contribution in [-0.4, -0.2) is 4.57 Å². The first-order valence-corrected chi connectivity index (χ1v) is 4.98. The number of nitrogens with zero attached hydrogens (tertiary/aromatic N) is 1. The Labute approximate surface area is 80.7 Å². The molecule has 0 aromatic carbocycles. The van der Waals surface area contributed by atoms with Gasteiger partial charge in [0.15, 0.2) is 0 Å². The van der Waals surface area contributed by atoms with Crippen LogP contribution in [0.4, 0.5) is 0 Å². The van der Waals surface area contributed by atoms with Crippen molar-refractivity contribution in [2.45, 2.75) is 32.7 Å². The maximum absolute atomic E-state index is 6.07. The monoisotopic (exact) mass is 180 g/mol. The Hall–Kier alpha value is -0.760. The Balaban J connectivity index is 2.49. The number of hydrogen-bond donors (Lipinski definition) is 1. The smallest absolute Gasteiger partial charge is 0.0449 e. The number of rotatable bonds is 4. The molecule has 0 saturated carbocycles. The van der Waals surface area contributed by atoms with Gasteiger partial charge in [-0.05, 0) is 30.9 Å². The standard InChI is InChI=1S/C11H20N2/c1-9(2)6-7-10(12)11-5-4-8-13(11)3/h4-5,8-10H,6-7,12H2,1-3H3/t10-/m1/s1. The molecule has 0 radical (unpaired) electrons. The van der Waals surface area contributed by atoms with E-state index in [2.05, 4.69) is 24.5 Å². The third-order valence-electron chi connectivity index (χ3n) is 2.42. The fourth-order valence-corrected chi connectivity index (χ4v) is 1.52. The van der Waals surface area contributed by atoms with E-state index >= 15 is 0 Å². The second kappa shape index (κ2) is 4.47. The first-order valence-electron chi connectivity index (χ1n) is 4.98. The predicted molar refractivity (Wildman–Crippen MR) is 56.4 cm³/mol. The summed E-state index contributed by atoms with van der Waals surface area (Å²) < 4.78 is 2.10. The van der Waals surface area contributed by atoms with Crippen molar-refractivity contribution in [2.75, 3.05) is 0 Å². The van der Waals surface area contributed by atoms with Gasteiger partial charge < -0.3 is 10.3 Å². The largest absolute Gasteiger partial charge is 0.353 e. The highest BCUT2D eigenvalue weighted by Crippen LogP contribution is 2.18. The van der Waals surface area contributed by atoms with Gasteiger partial charge in [0, 0.05) is 25.0 Å². The highest BCUT2D eigenvalue weighted by molar-refractivity contribution is 5.10. The number of nitrogens with two attached hydrogens (primary N) is 1. The fourth-order valence-electron chi connectivity index (χ4n) is 1.52. The van der Waals surface area contributed by atoms with E-state index in [-0.39, 0.29) is 6.04 Å². The molecule has 1 aromatic heterocycles. The molecular formula is C11H20N2. The highest BCUT2D eigenvalue weighted by atomic mass is 14.9. The lowest BCUT2D eigenvalue weighted by Crippen LogP contribution is -2.14. The van der Waals surface area contributed by atoms with E-state index in [1.54, 1.807) is 0 Å². The van der Waals surface area contributed by atoms with Crippen molar-refractivity contribution in [1.82, 2.24) is 4.57 Å². The third kappa shape index (κ3) is 2.88. The second-order valence-corrected chi connectivity index (χ2v) is 4.12. The van der Waals surface area contributed by atoms with Gasteiger partial charge in [-0.1, -0.05) is 13.8 Å². The zero-order valence-corrected chi connectivity index (χ0v) is 8.83. The molecule has 0 spiro atoms. The van der Waals surface area contributed by atoms with E-state index < -0.39 is 0 Å². The van der Waals surface area contributed by atoms with Crippen LogP contribution in [0.5, 0.6) is 0 Å². The van der Waals surface area contributed by atoms with Crippen LogP contribution >= 0.6 is 0 Å². The summed E-state index contributed by atoms with van der Waals surface area (Å²) in [5.74, 6) is 0.742. The Morgan fingerprint density at radius 3 is 2.54 bits per heavy atom. The Bertz CT molecular complexity index is 250. The fraction of sp³-hybridized carbons (Fsp3) is 0.636. The van der Waals surface area contributed by atoms with Crippen LogP contribution in [0.25, 0.3) is 0 Å². The van der Waals surface area contributed by atoms with Crippen molar-refractivity contribution in [3.63, 3.8) is 0 Å². The summed E-state index contributed by atoms with van der Waals surface area (Å²) in [6, 6.07) is 4.35. The van der Waals surface area contributed by atoms with Gasteiger partial charge in [0.25, 0.3) is 0 Å². The minimum absolute atomic E-state index is 0.197. The molecule has 74 valence electrons. The van der Waals surface area contributed by atoms with Crippen LogP contribution < -0.4 is 5.73 Å². The lowest BCUT2D eigenvalue weighted by Gasteiger charge is -2.14. The van der Waals surface area contributed by atoms with Crippen LogP contribution in [0.2, 0.25) is 0 Å². The molecule has 0 saturated heterocycles. The molecule has 0 aliphatic carbocycles. The Morgan fingerprint density at radius 2 is 2.08 bits per heavy atom. The topological polar surface area (TPSA) is 30.9 Å². The van der Waals surface area contributed by atoms with E-state index in [9.17, 15) is 0 Å². The van der Waals surface area contributed by atoms with E-state index in [4.69, 9.17) is 5.73 Å². The van der Waals surface area contributed by atoms with Crippen molar-refractivity contribution >= 4 is 0 Å². The second-order valence-electron chi connectivity index (χ2n) is 4.12. The zero-order chi connectivity index (χ0) is 9.84. The number of hydrogen-bond acceptors (Lipinski definition) is 1. The maximum Gasteiger partial charge on any atom is 0.0449 e. The van der Waals surface area contributed by atoms with Crippen LogP contribution in [0.3, 0.4) is 0 Å². The van der Waals surface area contributed by atoms with Crippen molar-refractivity contribution in [3.8, 4) is 0 Å². The van der Waals surface area contributed by atoms with Crippen LogP contribution in [0, 0.1) is 5.92 Å². The molecule has 2 heteroatoms. The van der Waals surface area contributed by atoms with Crippen LogP contribution in [0.1, 0.15) is 38.4 Å². The van der Waals surface area contributed by atoms with Gasteiger partial charge in [-0.2, -0.15) is 0 Å². The lowest BCUT2D eigenvalue weighted by atomic mass is 10.0. The van der Waals surface area contributed by atoms with E-state index in [1.165, 1.54) is 12.1 Å². The van der Waals surface area contributed by atoms with E-state index in [0.29, 0.717) is 0 Å². The lowest BCUT2D eigenvalue weighted by molar-refractivity contribution is 0.494. The summed E-state index contributed by atoms with van der Waals surface area (Å²) >= 11 is 0. The molecule has 0 fully saturated rings. The molecule has 1 heterocycles. The number of aromatic nitrogens is 1. The Morgan fingerprint density at radius 1 is 1.38 bits per heavy atom. The summed E-state index contributed by atoms with van der Waals surface area (Å²) in [7, 11) is 2.05. The van der Waals surface area contributed by atoms with Gasteiger partial charge in [0.1, 0.15) is 0 Å². The molecular weight excluding hydrogens is 160 g/mol. The molecule has 1 atom stereocenters. The minimum Gasteiger partial charge on any atom is -0.353 e. The number of aryl methyl sites for hydroxylation is 1. The average molecular weight is 180 g/mol. The molecule has 0 aliphatic rings. The summed E-state index contributed by atoms with van der Waals surface area (Å²) in [6.45, 7) is 4.47. The summed E-state index contributed by atoms with van der Waals surface area (Å²) in [4.78, 5) is 0. The van der Waals surface area contributed by atoms with Crippen molar-refractivity contribution in [3.05, 3.63) is 24.0 Å². The molecule has 1 rings (SSSR count). The third-order valence-corrected chi connectivity index (χ3v) is 2.42. The first-order chi connectivity index (χ1) is 6.11. The predicted octanol–water partition coefficient (Wildman–Crippen LogP) is 2.46. The van der Waals surface area contributed by atoms with Crippen molar-refractivity contribution < 1.29 is 0 Å². The minimum atomic E-state index is 0.197. The van der Waals surface area contributed by atoms with E-state index in [1.807, 2.05) is 19.3 Å². The Kier molecular flexibility index (Phi) is 3.55. The normalized spacial score (nSPS) is 13.6. The van der Waals surface area contributed by atoms with Gasteiger partial charge in [0.2, 0.25) is 0 Å². The molecule has 1 aromatic rings. The molecule has 0 unspecified atom stereocenters. The molecule has 0 amide bonds.